The van der Waals surface area contributed by atoms with Crippen molar-refractivity contribution < 1.29 is 4.74 Å². The number of benzene rings is 10. The summed E-state index contributed by atoms with van der Waals surface area (Å²) in [7, 11) is 0. The summed E-state index contributed by atoms with van der Waals surface area (Å²) in [5, 5.41) is 0. The summed E-state index contributed by atoms with van der Waals surface area (Å²) in [6.45, 7) is 0. The summed E-state index contributed by atoms with van der Waals surface area (Å²) in [5.41, 5.74) is 19.9. The molecule has 10 aromatic carbocycles. The molecule has 0 amide bonds. The predicted octanol–water partition coefficient (Wildman–Crippen LogP) is 16.1. The number of hydrogen-bond acceptors (Lipinski definition) is 3. The molecule has 4 aliphatic rings. The van der Waals surface area contributed by atoms with Gasteiger partial charge in [0.15, 0.2) is 0 Å². The molecule has 2 heterocycles. The van der Waals surface area contributed by atoms with Gasteiger partial charge in [-0.1, -0.05) is 188 Å². The Kier molecular flexibility index (Phi) is 7.79. The maximum atomic E-state index is 6.65. The summed E-state index contributed by atoms with van der Waals surface area (Å²) >= 11 is 1.88. The Balaban J connectivity index is 1.02. The lowest BCUT2D eigenvalue weighted by Crippen LogP contribution is -2.32. The molecule has 14 rings (SSSR count). The van der Waals surface area contributed by atoms with E-state index in [4.69, 9.17) is 4.74 Å². The van der Waals surface area contributed by atoms with Crippen molar-refractivity contribution in [3.05, 3.63) is 281 Å². The molecular formula is C62H39NOS. The van der Waals surface area contributed by atoms with Crippen LogP contribution < -0.4 is 9.64 Å². The van der Waals surface area contributed by atoms with Gasteiger partial charge in [-0.15, -0.1) is 0 Å². The van der Waals surface area contributed by atoms with E-state index in [1.54, 1.807) is 0 Å². The van der Waals surface area contributed by atoms with Crippen molar-refractivity contribution in [1.29, 1.82) is 0 Å². The zero-order valence-corrected chi connectivity index (χ0v) is 36.1. The first-order chi connectivity index (χ1) is 32.2. The summed E-state index contributed by atoms with van der Waals surface area (Å²) < 4.78 is 6.65. The molecule has 2 aliphatic carbocycles. The molecule has 0 unspecified atom stereocenters. The maximum Gasteiger partial charge on any atom is 0.132 e. The van der Waals surface area contributed by atoms with Crippen LogP contribution >= 0.6 is 11.8 Å². The summed E-state index contributed by atoms with van der Waals surface area (Å²) in [5.74, 6) is 1.80. The Hall–Kier alpha value is -7.85. The Morgan fingerprint density at radius 3 is 1.28 bits per heavy atom. The summed E-state index contributed by atoms with van der Waals surface area (Å²) in [6.07, 6.45) is 0. The molecule has 65 heavy (non-hydrogen) atoms. The number of para-hydroxylation sites is 2. The third-order valence-electron chi connectivity index (χ3n) is 14.4. The van der Waals surface area contributed by atoms with Gasteiger partial charge in [0.25, 0.3) is 0 Å². The van der Waals surface area contributed by atoms with Gasteiger partial charge in [-0.3, -0.25) is 0 Å². The van der Waals surface area contributed by atoms with Crippen molar-refractivity contribution in [3.8, 4) is 44.9 Å². The fourth-order valence-corrected chi connectivity index (χ4v) is 13.1. The van der Waals surface area contributed by atoms with Crippen LogP contribution in [-0.2, 0) is 10.8 Å². The van der Waals surface area contributed by atoms with E-state index in [0.717, 1.165) is 28.6 Å². The molecule has 0 atom stereocenters. The quantitative estimate of drug-likeness (QED) is 0.175. The number of nitrogens with zero attached hydrogens (tertiary/aromatic N) is 1. The minimum absolute atomic E-state index is 0.442. The molecule has 0 saturated carbocycles. The largest absolute Gasteiger partial charge is 0.457 e. The first-order valence-electron chi connectivity index (χ1n) is 22.4. The van der Waals surface area contributed by atoms with Crippen LogP contribution in [0.25, 0.3) is 33.4 Å². The molecule has 2 nitrogen and oxygen atoms in total. The van der Waals surface area contributed by atoms with Gasteiger partial charge in [0, 0.05) is 38.0 Å². The summed E-state index contributed by atoms with van der Waals surface area (Å²) in [6, 6.07) is 87.5. The topological polar surface area (TPSA) is 12.5 Å². The number of hydrogen-bond donors (Lipinski definition) is 0. The fourth-order valence-electron chi connectivity index (χ4n) is 11.9. The third kappa shape index (κ3) is 4.96. The molecule has 0 bridgehead atoms. The Labute approximate surface area is 383 Å². The van der Waals surface area contributed by atoms with Crippen molar-refractivity contribution in [2.24, 2.45) is 0 Å². The Morgan fingerprint density at radius 1 is 0.292 bits per heavy atom. The second-order valence-electron chi connectivity index (χ2n) is 17.5. The van der Waals surface area contributed by atoms with Gasteiger partial charge in [0.05, 0.1) is 10.8 Å². The molecule has 0 saturated heterocycles. The van der Waals surface area contributed by atoms with E-state index in [9.17, 15) is 0 Å². The Morgan fingerprint density at radius 2 is 0.708 bits per heavy atom. The SMILES string of the molecule is c1ccc(-c2cccc(N(c3ccc4c(c3)-c3ccccc3C43c4ccccc4Oc4ccccc43)c3ccc4c(c3)-c3ccccc3C43c4ccccc4Sc4ccccc43)c2)cc1. The summed E-state index contributed by atoms with van der Waals surface area (Å²) in [4.78, 5) is 5.09. The smallest absolute Gasteiger partial charge is 0.132 e. The highest BCUT2D eigenvalue weighted by molar-refractivity contribution is 7.99. The number of ether oxygens (including phenoxy) is 1. The molecule has 2 spiro atoms. The zero-order chi connectivity index (χ0) is 42.7. The third-order valence-corrected chi connectivity index (χ3v) is 15.5. The van der Waals surface area contributed by atoms with Gasteiger partial charge in [-0.25, -0.2) is 0 Å². The zero-order valence-electron chi connectivity index (χ0n) is 35.3. The molecular weight excluding hydrogens is 807 g/mol. The molecule has 10 aromatic rings. The van der Waals surface area contributed by atoms with Crippen LogP contribution in [-0.4, -0.2) is 0 Å². The standard InChI is InChI=1S/C62H39NOS/c1-2-17-40(18-3-1)41-19-16-20-42(37-41)63(43-33-35-51-47(38-43)45-21-4-6-23-49(45)61(51)53-25-8-12-29-57(53)64-58-30-13-9-26-54(58)61)44-34-36-52-48(39-44)46-22-5-7-24-50(46)62(52)55-27-10-14-31-59(55)65-60-32-15-11-28-56(60)62/h1-39H. The van der Waals surface area contributed by atoms with Crippen LogP contribution in [0.15, 0.2) is 246 Å². The second kappa shape index (κ2) is 13.8. The molecule has 0 aromatic heterocycles. The van der Waals surface area contributed by atoms with Crippen molar-refractivity contribution in [3.63, 3.8) is 0 Å². The van der Waals surface area contributed by atoms with E-state index in [1.165, 1.54) is 87.7 Å². The highest BCUT2D eigenvalue weighted by atomic mass is 32.2. The molecule has 0 radical (unpaired) electrons. The average molecular weight is 846 g/mol. The van der Waals surface area contributed by atoms with E-state index in [2.05, 4.69) is 241 Å². The number of rotatable bonds is 4. The maximum absolute atomic E-state index is 6.65. The predicted molar refractivity (Wildman–Crippen MR) is 265 cm³/mol. The van der Waals surface area contributed by atoms with Crippen LogP contribution in [0.1, 0.15) is 44.5 Å². The first-order valence-corrected chi connectivity index (χ1v) is 23.2. The van der Waals surface area contributed by atoms with Crippen LogP contribution in [0.5, 0.6) is 11.5 Å². The van der Waals surface area contributed by atoms with Crippen molar-refractivity contribution in [2.75, 3.05) is 4.90 Å². The van der Waals surface area contributed by atoms with E-state index in [0.29, 0.717) is 0 Å². The van der Waals surface area contributed by atoms with Crippen molar-refractivity contribution in [1.82, 2.24) is 0 Å². The van der Waals surface area contributed by atoms with Gasteiger partial charge in [-0.05, 0) is 127 Å². The highest BCUT2D eigenvalue weighted by Gasteiger charge is 2.52. The molecule has 2 aliphatic heterocycles. The van der Waals surface area contributed by atoms with Crippen molar-refractivity contribution >= 4 is 28.8 Å². The van der Waals surface area contributed by atoms with Gasteiger partial charge < -0.3 is 9.64 Å². The van der Waals surface area contributed by atoms with Gasteiger partial charge in [0.1, 0.15) is 11.5 Å². The normalized spacial score (nSPS) is 14.5. The van der Waals surface area contributed by atoms with Gasteiger partial charge in [-0.2, -0.15) is 0 Å². The van der Waals surface area contributed by atoms with Gasteiger partial charge >= 0.3 is 0 Å². The van der Waals surface area contributed by atoms with E-state index in [1.807, 2.05) is 11.8 Å². The monoisotopic (exact) mass is 845 g/mol. The van der Waals surface area contributed by atoms with Crippen molar-refractivity contribution in [2.45, 2.75) is 20.6 Å². The lowest BCUT2D eigenvalue weighted by molar-refractivity contribution is 0.436. The Bertz CT molecular complexity index is 3300. The lowest BCUT2D eigenvalue weighted by atomic mass is 9.66. The highest BCUT2D eigenvalue weighted by Crippen LogP contribution is 2.64. The number of anilines is 3. The van der Waals surface area contributed by atoms with E-state index < -0.39 is 10.8 Å². The van der Waals surface area contributed by atoms with E-state index >= 15 is 0 Å². The van der Waals surface area contributed by atoms with Crippen LogP contribution in [0.2, 0.25) is 0 Å². The second-order valence-corrected chi connectivity index (χ2v) is 18.6. The van der Waals surface area contributed by atoms with Gasteiger partial charge in [0.2, 0.25) is 0 Å². The molecule has 304 valence electrons. The number of fused-ring (bicyclic) bond motifs is 18. The fraction of sp³-hybridized carbons (Fsp3) is 0.0323. The van der Waals surface area contributed by atoms with Crippen LogP contribution in [0.4, 0.5) is 17.1 Å². The lowest BCUT2D eigenvalue weighted by Gasteiger charge is -2.39. The molecule has 3 heteroatoms. The van der Waals surface area contributed by atoms with Crippen LogP contribution in [0.3, 0.4) is 0 Å². The molecule has 0 fully saturated rings. The van der Waals surface area contributed by atoms with E-state index in [-0.39, 0.29) is 0 Å². The average Bonchev–Trinajstić information content (AvgIpc) is 3.82. The molecule has 0 N–H and O–H groups in total. The first kappa shape index (κ1) is 36.6. The minimum Gasteiger partial charge on any atom is -0.457 e. The minimum atomic E-state index is -0.537. The van der Waals surface area contributed by atoms with Crippen LogP contribution in [0, 0.1) is 0 Å².